The Kier molecular flexibility index (Phi) is 8.00. The summed E-state index contributed by atoms with van der Waals surface area (Å²) in [4.78, 5) is 32.6. The van der Waals surface area contributed by atoms with E-state index in [0.717, 1.165) is 11.1 Å². The van der Waals surface area contributed by atoms with Gasteiger partial charge in [0.1, 0.15) is 11.0 Å². The number of thioether (sulfide) groups is 1. The molecular weight excluding hydrogens is 505 g/mol. The van der Waals surface area contributed by atoms with Crippen LogP contribution in [0, 0.1) is 6.92 Å². The zero-order chi connectivity index (χ0) is 24.9. The highest BCUT2D eigenvalue weighted by molar-refractivity contribution is 8.15. The first kappa shape index (κ1) is 25.1. The maximum absolute atomic E-state index is 13.2. The second-order valence-electron chi connectivity index (χ2n) is 7.93. The highest BCUT2D eigenvalue weighted by Crippen LogP contribution is 2.32. The normalized spacial score (nSPS) is 16.9. The fourth-order valence-corrected chi connectivity index (χ4v) is 4.93. The van der Waals surface area contributed by atoms with E-state index < -0.39 is 5.25 Å². The molecule has 1 aliphatic rings. The first-order chi connectivity index (χ1) is 16.8. The Morgan fingerprint density at radius 1 is 1.11 bits per heavy atom. The molecule has 0 aromatic heterocycles. The van der Waals surface area contributed by atoms with Crippen molar-refractivity contribution in [1.29, 1.82) is 0 Å². The number of nitrogens with one attached hydrogen (secondary N) is 1. The van der Waals surface area contributed by atoms with Gasteiger partial charge in [0, 0.05) is 22.2 Å². The standard InChI is InChI=1S/C26H23Cl2N3O3S/c1-16-7-8-19(13-22(16)28)29-25(33)23-14-24(32)31(15-17-5-3-4-6-21(17)27)26(35-23)30-18-9-11-20(34-2)12-10-18/h3-13,23H,14-15H2,1-2H3,(H,29,33). The summed E-state index contributed by atoms with van der Waals surface area (Å²) in [6.45, 7) is 2.14. The van der Waals surface area contributed by atoms with E-state index >= 15 is 0 Å². The molecule has 9 heteroatoms. The third kappa shape index (κ3) is 6.17. The van der Waals surface area contributed by atoms with E-state index in [4.69, 9.17) is 32.9 Å². The Labute approximate surface area is 218 Å². The molecule has 6 nitrogen and oxygen atoms in total. The van der Waals surface area contributed by atoms with Crippen LogP contribution in [0.4, 0.5) is 11.4 Å². The van der Waals surface area contributed by atoms with Gasteiger partial charge in [-0.2, -0.15) is 0 Å². The van der Waals surface area contributed by atoms with Crippen LogP contribution >= 0.6 is 35.0 Å². The summed E-state index contributed by atoms with van der Waals surface area (Å²) in [6, 6.07) is 19.8. The lowest BCUT2D eigenvalue weighted by Gasteiger charge is -2.32. The summed E-state index contributed by atoms with van der Waals surface area (Å²) >= 11 is 13.8. The Balaban J connectivity index is 1.61. The summed E-state index contributed by atoms with van der Waals surface area (Å²) in [5.74, 6) is 0.198. The molecule has 35 heavy (non-hydrogen) atoms. The first-order valence-corrected chi connectivity index (χ1v) is 12.5. The van der Waals surface area contributed by atoms with Crippen LogP contribution in [-0.2, 0) is 16.1 Å². The van der Waals surface area contributed by atoms with Gasteiger partial charge < -0.3 is 10.1 Å². The minimum Gasteiger partial charge on any atom is -0.497 e. The van der Waals surface area contributed by atoms with Gasteiger partial charge in [-0.3, -0.25) is 14.5 Å². The molecule has 3 aromatic rings. The second-order valence-corrected chi connectivity index (χ2v) is 9.91. The van der Waals surface area contributed by atoms with Crippen LogP contribution in [0.5, 0.6) is 5.75 Å². The molecule has 1 unspecified atom stereocenters. The number of hydrogen-bond acceptors (Lipinski definition) is 5. The quantitative estimate of drug-likeness (QED) is 0.398. The van der Waals surface area contributed by atoms with Gasteiger partial charge in [0.05, 0.1) is 19.3 Å². The average molecular weight is 528 g/mol. The number of methoxy groups -OCH3 is 1. The Bertz CT molecular complexity index is 1280. The lowest BCUT2D eigenvalue weighted by atomic mass is 10.2. The smallest absolute Gasteiger partial charge is 0.238 e. The third-order valence-electron chi connectivity index (χ3n) is 5.45. The second kappa shape index (κ2) is 11.2. The van der Waals surface area contributed by atoms with E-state index in [0.29, 0.717) is 32.3 Å². The summed E-state index contributed by atoms with van der Waals surface area (Å²) in [7, 11) is 1.59. The molecule has 1 heterocycles. The molecule has 1 aliphatic heterocycles. The number of nitrogens with zero attached hydrogens (tertiary/aromatic N) is 2. The molecule has 0 bridgehead atoms. The lowest BCUT2D eigenvalue weighted by Crippen LogP contribution is -2.44. The van der Waals surface area contributed by atoms with Crippen molar-refractivity contribution < 1.29 is 14.3 Å². The lowest BCUT2D eigenvalue weighted by molar-refractivity contribution is -0.129. The zero-order valence-electron chi connectivity index (χ0n) is 19.1. The van der Waals surface area contributed by atoms with Gasteiger partial charge in [-0.25, -0.2) is 4.99 Å². The maximum Gasteiger partial charge on any atom is 0.238 e. The number of aliphatic imine (C=N–C) groups is 1. The van der Waals surface area contributed by atoms with Crippen molar-refractivity contribution in [1.82, 2.24) is 4.90 Å². The molecular formula is C26H23Cl2N3O3S. The molecule has 1 saturated heterocycles. The number of ether oxygens (including phenoxy) is 1. The highest BCUT2D eigenvalue weighted by atomic mass is 35.5. The van der Waals surface area contributed by atoms with E-state index in [1.54, 1.807) is 54.5 Å². The van der Waals surface area contributed by atoms with Crippen molar-refractivity contribution in [3.63, 3.8) is 0 Å². The number of halogens is 2. The number of aryl methyl sites for hydroxylation is 1. The summed E-state index contributed by atoms with van der Waals surface area (Å²) in [5.41, 5.74) is 2.92. The van der Waals surface area contributed by atoms with Crippen LogP contribution in [0.25, 0.3) is 0 Å². The molecule has 4 rings (SSSR count). The summed E-state index contributed by atoms with van der Waals surface area (Å²) < 4.78 is 5.22. The number of benzene rings is 3. The Hall–Kier alpha value is -3.00. The topological polar surface area (TPSA) is 71.0 Å². The van der Waals surface area contributed by atoms with E-state index in [2.05, 4.69) is 5.32 Å². The van der Waals surface area contributed by atoms with Crippen LogP contribution in [0.2, 0.25) is 10.0 Å². The van der Waals surface area contributed by atoms with Crippen molar-refractivity contribution in [3.8, 4) is 5.75 Å². The van der Waals surface area contributed by atoms with Gasteiger partial charge in [0.2, 0.25) is 11.8 Å². The third-order valence-corrected chi connectivity index (χ3v) is 7.42. The molecule has 0 saturated carbocycles. The number of anilines is 1. The average Bonchev–Trinajstić information content (AvgIpc) is 2.85. The van der Waals surface area contributed by atoms with Gasteiger partial charge in [-0.15, -0.1) is 0 Å². The number of hydrogen-bond donors (Lipinski definition) is 1. The van der Waals surface area contributed by atoms with Crippen molar-refractivity contribution in [2.45, 2.75) is 25.1 Å². The summed E-state index contributed by atoms with van der Waals surface area (Å²) in [6.07, 6.45) is 0.0299. The Morgan fingerprint density at radius 2 is 1.86 bits per heavy atom. The van der Waals surface area contributed by atoms with Crippen molar-refractivity contribution >= 4 is 63.3 Å². The number of carbonyl (C=O) groups excluding carboxylic acids is 2. The summed E-state index contributed by atoms with van der Waals surface area (Å²) in [5, 5.41) is 3.76. The van der Waals surface area contributed by atoms with Gasteiger partial charge in [-0.1, -0.05) is 59.2 Å². The molecule has 3 aromatic carbocycles. The Morgan fingerprint density at radius 3 is 2.54 bits per heavy atom. The van der Waals surface area contributed by atoms with Crippen molar-refractivity contribution in [3.05, 3.63) is 87.9 Å². The van der Waals surface area contributed by atoms with Crippen LogP contribution in [-0.4, -0.2) is 34.2 Å². The van der Waals surface area contributed by atoms with Gasteiger partial charge in [0.25, 0.3) is 0 Å². The molecule has 1 fully saturated rings. The van der Waals surface area contributed by atoms with Crippen molar-refractivity contribution in [2.24, 2.45) is 4.99 Å². The van der Waals surface area contributed by atoms with Crippen LogP contribution in [0.1, 0.15) is 17.5 Å². The molecule has 180 valence electrons. The van der Waals surface area contributed by atoms with E-state index in [9.17, 15) is 9.59 Å². The molecule has 1 N–H and O–H groups in total. The minimum atomic E-state index is -0.651. The van der Waals surface area contributed by atoms with Crippen LogP contribution in [0.3, 0.4) is 0 Å². The molecule has 0 radical (unpaired) electrons. The number of rotatable bonds is 6. The van der Waals surface area contributed by atoms with Crippen molar-refractivity contribution in [2.75, 3.05) is 12.4 Å². The molecule has 2 amide bonds. The molecule has 1 atom stereocenters. The van der Waals surface area contributed by atoms with E-state index in [-0.39, 0.29) is 24.8 Å². The number of amidine groups is 1. The van der Waals surface area contributed by atoms with Crippen LogP contribution in [0.15, 0.2) is 71.7 Å². The molecule has 0 aliphatic carbocycles. The highest BCUT2D eigenvalue weighted by Gasteiger charge is 2.36. The maximum atomic E-state index is 13.2. The largest absolute Gasteiger partial charge is 0.497 e. The monoisotopic (exact) mass is 527 g/mol. The predicted octanol–water partition coefficient (Wildman–Crippen LogP) is 6.47. The SMILES string of the molecule is COc1ccc(N=C2SC(C(=O)Nc3ccc(C)c(Cl)c3)CC(=O)N2Cc2ccccc2Cl)cc1. The van der Waals surface area contributed by atoms with Crippen LogP contribution < -0.4 is 10.1 Å². The van der Waals surface area contributed by atoms with E-state index in [1.807, 2.05) is 31.2 Å². The van der Waals surface area contributed by atoms with Gasteiger partial charge >= 0.3 is 0 Å². The van der Waals surface area contributed by atoms with E-state index in [1.165, 1.54) is 11.8 Å². The fourth-order valence-electron chi connectivity index (χ4n) is 3.45. The van der Waals surface area contributed by atoms with Gasteiger partial charge in [-0.05, 0) is 60.5 Å². The first-order valence-electron chi connectivity index (χ1n) is 10.8. The fraction of sp³-hybridized carbons (Fsp3) is 0.192. The molecule has 0 spiro atoms. The zero-order valence-corrected chi connectivity index (χ0v) is 21.5. The number of amides is 2. The van der Waals surface area contributed by atoms with Gasteiger partial charge in [0.15, 0.2) is 5.17 Å². The number of carbonyl (C=O) groups is 2. The predicted molar refractivity (Wildman–Crippen MR) is 143 cm³/mol. The minimum absolute atomic E-state index is 0.0299.